The van der Waals surface area contributed by atoms with Crippen LogP contribution in [0.25, 0.3) is 4.83 Å². The number of amides is 1. The van der Waals surface area contributed by atoms with Crippen molar-refractivity contribution >= 4 is 33.7 Å². The average Bonchev–Trinajstić information content (AvgIpc) is 3.53. The number of aromatic nitrogens is 2. The lowest BCUT2D eigenvalue weighted by Crippen LogP contribution is -2.44. The number of nitrogens with one attached hydrogen (secondary N) is 1. The van der Waals surface area contributed by atoms with E-state index in [9.17, 15) is 4.79 Å². The van der Waals surface area contributed by atoms with Crippen molar-refractivity contribution in [2.45, 2.75) is 51.0 Å². The van der Waals surface area contributed by atoms with Crippen molar-refractivity contribution in [3.63, 3.8) is 0 Å². The lowest BCUT2D eigenvalue weighted by Gasteiger charge is -2.33. The molecule has 1 N–H and O–H groups in total. The van der Waals surface area contributed by atoms with Crippen LogP contribution in [0, 0.1) is 0 Å². The molecule has 0 saturated carbocycles. The highest BCUT2D eigenvalue weighted by molar-refractivity contribution is 7.15. The number of hydrogen-bond acceptors (Lipinski definition) is 5. The van der Waals surface area contributed by atoms with Crippen molar-refractivity contribution < 1.29 is 9.53 Å². The van der Waals surface area contributed by atoms with E-state index < -0.39 is 0 Å². The number of benzene rings is 1. The molecule has 2 aliphatic heterocycles. The van der Waals surface area contributed by atoms with Gasteiger partial charge in [-0.3, -0.25) is 9.20 Å². The van der Waals surface area contributed by atoms with E-state index >= 15 is 0 Å². The normalized spacial score (nSPS) is 22.0. The van der Waals surface area contributed by atoms with Crippen molar-refractivity contribution in [2.24, 2.45) is 0 Å². The first-order valence-corrected chi connectivity index (χ1v) is 11.8. The number of ether oxygens (including phenoxy) is 1. The molecule has 0 aliphatic carbocycles. The van der Waals surface area contributed by atoms with Crippen LogP contribution in [0.2, 0.25) is 0 Å². The largest absolute Gasteiger partial charge is 0.368 e. The summed E-state index contributed by atoms with van der Waals surface area (Å²) in [4.78, 5) is 21.1. The Kier molecular flexibility index (Phi) is 5.48. The van der Waals surface area contributed by atoms with E-state index in [-0.39, 0.29) is 17.9 Å². The third-order valence-corrected chi connectivity index (χ3v) is 7.14. The van der Waals surface area contributed by atoms with E-state index in [4.69, 9.17) is 9.72 Å². The van der Waals surface area contributed by atoms with Crippen LogP contribution < -0.4 is 5.32 Å². The highest BCUT2D eigenvalue weighted by Gasteiger charge is 2.33. The Morgan fingerprint density at radius 1 is 1.30 bits per heavy atom. The molecule has 5 rings (SSSR count). The van der Waals surface area contributed by atoms with E-state index in [2.05, 4.69) is 52.5 Å². The van der Waals surface area contributed by atoms with Crippen molar-refractivity contribution in [1.29, 1.82) is 0 Å². The second-order valence-electron chi connectivity index (χ2n) is 8.16. The van der Waals surface area contributed by atoms with Crippen LogP contribution in [0.1, 0.15) is 49.8 Å². The molecule has 2 aliphatic rings. The summed E-state index contributed by atoms with van der Waals surface area (Å²) in [6.45, 7) is 4.43. The Morgan fingerprint density at radius 2 is 2.20 bits per heavy atom. The molecule has 158 valence electrons. The van der Waals surface area contributed by atoms with Gasteiger partial charge in [0.05, 0.1) is 5.69 Å². The minimum Gasteiger partial charge on any atom is -0.368 e. The Bertz CT molecular complexity index is 1040. The summed E-state index contributed by atoms with van der Waals surface area (Å²) in [6.07, 6.45) is 6.71. The zero-order valence-corrected chi connectivity index (χ0v) is 18.2. The molecule has 0 spiro atoms. The Hall–Kier alpha value is -2.38. The molecule has 0 radical (unpaired) electrons. The number of carbonyl (C=O) groups is 1. The number of hydrogen-bond donors (Lipinski definition) is 1. The molecular weight excluding hydrogens is 396 g/mol. The number of fused-ring (bicyclic) bond motifs is 1. The number of nitrogens with zero attached hydrogens (tertiary/aromatic N) is 3. The van der Waals surface area contributed by atoms with Crippen LogP contribution in [-0.4, -0.2) is 46.0 Å². The third-order valence-electron chi connectivity index (χ3n) is 6.25. The number of anilines is 2. The van der Waals surface area contributed by atoms with Crippen molar-refractivity contribution in [1.82, 2.24) is 14.3 Å². The van der Waals surface area contributed by atoms with Gasteiger partial charge in [0, 0.05) is 42.9 Å². The number of likely N-dealkylation sites (tertiary alicyclic amines) is 1. The zero-order chi connectivity index (χ0) is 20.5. The molecule has 1 amide bonds. The lowest BCUT2D eigenvalue weighted by atomic mass is 9.94. The third kappa shape index (κ3) is 3.61. The second-order valence-corrected chi connectivity index (χ2v) is 9.05. The molecule has 7 heteroatoms. The molecule has 2 saturated heterocycles. The first-order chi connectivity index (χ1) is 14.7. The highest BCUT2D eigenvalue weighted by Crippen LogP contribution is 2.35. The number of rotatable bonds is 5. The van der Waals surface area contributed by atoms with Gasteiger partial charge in [-0.05, 0) is 43.7 Å². The summed E-state index contributed by atoms with van der Waals surface area (Å²) in [7, 11) is 0. The quantitative estimate of drug-likeness (QED) is 0.651. The van der Waals surface area contributed by atoms with Crippen molar-refractivity contribution in [2.75, 3.05) is 25.0 Å². The number of imidazole rings is 1. The molecule has 2 atom stereocenters. The molecule has 3 aromatic rings. The first kappa shape index (κ1) is 19.6. The summed E-state index contributed by atoms with van der Waals surface area (Å²) < 4.78 is 7.79. The number of thiazole rings is 1. The Balaban J connectivity index is 1.41. The van der Waals surface area contributed by atoms with Gasteiger partial charge < -0.3 is 15.0 Å². The summed E-state index contributed by atoms with van der Waals surface area (Å²) in [6, 6.07) is 8.38. The first-order valence-electron chi connectivity index (χ1n) is 11.0. The number of para-hydroxylation sites is 1. The van der Waals surface area contributed by atoms with Crippen molar-refractivity contribution in [3.05, 3.63) is 47.1 Å². The van der Waals surface area contributed by atoms with Gasteiger partial charge in [-0.1, -0.05) is 25.1 Å². The van der Waals surface area contributed by atoms with E-state index in [0.29, 0.717) is 6.61 Å². The van der Waals surface area contributed by atoms with E-state index in [1.165, 1.54) is 10.4 Å². The fraction of sp³-hybridized carbons (Fsp3) is 0.478. The van der Waals surface area contributed by atoms with Crippen LogP contribution in [0.15, 0.2) is 35.8 Å². The van der Waals surface area contributed by atoms with Gasteiger partial charge in [0.25, 0.3) is 5.91 Å². The standard InChI is InChI=1S/C23H28N4O2S/c1-2-16-7-3-4-9-18(16)24-23-25-20(22-27(23)12-14-30-22)17-8-5-11-26(15-17)21(28)19-10-6-13-29-19/h3-4,7,9,12,14,17,19H,2,5-6,8,10-11,13,15H2,1H3,(H,24,25)/t17-,19-/m0/s1. The van der Waals surface area contributed by atoms with Gasteiger partial charge in [-0.15, -0.1) is 11.3 Å². The molecule has 2 fully saturated rings. The molecule has 4 heterocycles. The topological polar surface area (TPSA) is 58.9 Å². The van der Waals surface area contributed by atoms with E-state index in [0.717, 1.165) is 62.5 Å². The summed E-state index contributed by atoms with van der Waals surface area (Å²) in [5, 5.41) is 5.66. The molecular formula is C23H28N4O2S. The molecule has 1 aromatic carbocycles. The van der Waals surface area contributed by atoms with E-state index in [1.54, 1.807) is 11.3 Å². The van der Waals surface area contributed by atoms with Crippen LogP contribution in [0.5, 0.6) is 0 Å². The molecule has 30 heavy (non-hydrogen) atoms. The minimum atomic E-state index is -0.240. The SMILES string of the molecule is CCc1ccccc1Nc1nc([C@H]2CCCN(C(=O)[C@@H]3CCCO3)C2)c2sccn12. The van der Waals surface area contributed by atoms with E-state index in [1.807, 2.05) is 4.90 Å². The van der Waals surface area contributed by atoms with Gasteiger partial charge >= 0.3 is 0 Å². The Morgan fingerprint density at radius 3 is 3.03 bits per heavy atom. The van der Waals surface area contributed by atoms with Gasteiger partial charge in [-0.2, -0.15) is 0 Å². The zero-order valence-electron chi connectivity index (χ0n) is 17.3. The summed E-state index contributed by atoms with van der Waals surface area (Å²) in [5.41, 5.74) is 3.48. The number of piperidine rings is 1. The summed E-state index contributed by atoms with van der Waals surface area (Å²) >= 11 is 1.72. The van der Waals surface area contributed by atoms with Gasteiger partial charge in [0.15, 0.2) is 0 Å². The lowest BCUT2D eigenvalue weighted by molar-refractivity contribution is -0.142. The maximum Gasteiger partial charge on any atom is 0.251 e. The average molecular weight is 425 g/mol. The van der Waals surface area contributed by atoms with Crippen LogP contribution in [-0.2, 0) is 16.0 Å². The molecule has 2 aromatic heterocycles. The monoisotopic (exact) mass is 424 g/mol. The van der Waals surface area contributed by atoms with Gasteiger partial charge in [0.2, 0.25) is 5.95 Å². The summed E-state index contributed by atoms with van der Waals surface area (Å²) in [5.74, 6) is 1.27. The van der Waals surface area contributed by atoms with Crippen LogP contribution in [0.4, 0.5) is 11.6 Å². The maximum atomic E-state index is 12.9. The van der Waals surface area contributed by atoms with Crippen LogP contribution >= 0.6 is 11.3 Å². The Labute approximate surface area is 180 Å². The predicted molar refractivity (Wildman–Crippen MR) is 120 cm³/mol. The smallest absolute Gasteiger partial charge is 0.251 e. The maximum absolute atomic E-state index is 12.9. The fourth-order valence-corrected chi connectivity index (χ4v) is 5.55. The number of aryl methyl sites for hydroxylation is 1. The predicted octanol–water partition coefficient (Wildman–Crippen LogP) is 4.59. The minimum absolute atomic E-state index is 0.161. The number of carbonyl (C=O) groups excluding carboxylic acids is 1. The highest BCUT2D eigenvalue weighted by atomic mass is 32.1. The molecule has 0 unspecified atom stereocenters. The molecule has 0 bridgehead atoms. The van der Waals surface area contributed by atoms with Crippen LogP contribution in [0.3, 0.4) is 0 Å². The fourth-order valence-electron chi connectivity index (χ4n) is 4.65. The van der Waals surface area contributed by atoms with Gasteiger partial charge in [0.1, 0.15) is 10.9 Å². The second kappa shape index (κ2) is 8.40. The van der Waals surface area contributed by atoms with Crippen molar-refractivity contribution in [3.8, 4) is 0 Å². The molecule has 6 nitrogen and oxygen atoms in total. The van der Waals surface area contributed by atoms with Gasteiger partial charge in [-0.25, -0.2) is 4.98 Å².